The minimum atomic E-state index is -0.301. The summed E-state index contributed by atoms with van der Waals surface area (Å²) in [6.07, 6.45) is 3.52. The van der Waals surface area contributed by atoms with E-state index in [2.05, 4.69) is 0 Å². The first-order chi connectivity index (χ1) is 4.63. The second-order valence-electron chi connectivity index (χ2n) is 2.17. The topological polar surface area (TPSA) is 52.0 Å². The van der Waals surface area contributed by atoms with Gasteiger partial charge in [-0.05, 0) is 6.08 Å². The highest BCUT2D eigenvalue weighted by molar-refractivity contribution is 7.82. The maximum absolute atomic E-state index is 5.60. The van der Waals surface area contributed by atoms with Gasteiger partial charge in [-0.2, -0.15) is 0 Å². The number of hydrogen-bond donors (Lipinski definition) is 2. The highest BCUT2D eigenvalue weighted by atomic mass is 32.1. The Labute approximate surface area is 70.3 Å². The molecular weight excluding hydrogens is 164 g/mol. The Balaban J connectivity index is 2.89. The van der Waals surface area contributed by atoms with Crippen LogP contribution < -0.4 is 11.5 Å². The largest absolute Gasteiger partial charge is 0.320 e. The van der Waals surface area contributed by atoms with Crippen LogP contribution in [0.2, 0.25) is 0 Å². The summed E-state index contributed by atoms with van der Waals surface area (Å²) in [5.41, 5.74) is 11.2. The van der Waals surface area contributed by atoms with Gasteiger partial charge in [0.1, 0.15) is 0 Å². The standard InChI is InChI=1S/C6H8N2S2/c7-3-1-2-4(9)5(8)6(3)10/h1-3,5H,7-8H2. The molecule has 0 fully saturated rings. The zero-order valence-electron chi connectivity index (χ0n) is 5.28. The van der Waals surface area contributed by atoms with E-state index in [0.29, 0.717) is 9.73 Å². The summed E-state index contributed by atoms with van der Waals surface area (Å²) in [5.74, 6) is 0. The number of rotatable bonds is 0. The zero-order valence-corrected chi connectivity index (χ0v) is 6.91. The zero-order chi connectivity index (χ0) is 7.72. The van der Waals surface area contributed by atoms with E-state index >= 15 is 0 Å². The first-order valence-corrected chi connectivity index (χ1v) is 3.71. The monoisotopic (exact) mass is 172 g/mol. The van der Waals surface area contributed by atoms with Gasteiger partial charge in [0.2, 0.25) is 0 Å². The normalized spacial score (nSPS) is 33.0. The molecule has 2 atom stereocenters. The molecule has 0 aromatic heterocycles. The lowest BCUT2D eigenvalue weighted by atomic mass is 9.99. The average Bonchev–Trinajstić information content (AvgIpc) is 1.93. The van der Waals surface area contributed by atoms with Gasteiger partial charge in [0.25, 0.3) is 0 Å². The van der Waals surface area contributed by atoms with E-state index in [1.165, 1.54) is 0 Å². The Morgan fingerprint density at radius 1 is 1.30 bits per heavy atom. The second kappa shape index (κ2) is 2.84. The molecule has 0 amide bonds. The van der Waals surface area contributed by atoms with Crippen molar-refractivity contribution in [3.63, 3.8) is 0 Å². The van der Waals surface area contributed by atoms with Crippen molar-refractivity contribution in [2.24, 2.45) is 11.5 Å². The summed E-state index contributed by atoms with van der Waals surface area (Å²) < 4.78 is 0. The van der Waals surface area contributed by atoms with Crippen LogP contribution in [0, 0.1) is 0 Å². The quantitative estimate of drug-likeness (QED) is 0.503. The van der Waals surface area contributed by atoms with E-state index in [9.17, 15) is 0 Å². The molecule has 1 aliphatic rings. The third-order valence-corrected chi connectivity index (χ3v) is 2.33. The predicted molar refractivity (Wildman–Crippen MR) is 50.3 cm³/mol. The van der Waals surface area contributed by atoms with E-state index in [1.54, 1.807) is 12.2 Å². The van der Waals surface area contributed by atoms with E-state index < -0.39 is 0 Å². The molecule has 10 heavy (non-hydrogen) atoms. The van der Waals surface area contributed by atoms with Gasteiger partial charge in [0.15, 0.2) is 0 Å². The summed E-state index contributed by atoms with van der Waals surface area (Å²) in [6, 6.07) is -0.498. The van der Waals surface area contributed by atoms with Crippen molar-refractivity contribution < 1.29 is 0 Å². The molecule has 2 nitrogen and oxygen atoms in total. The Bertz CT molecular complexity index is 210. The van der Waals surface area contributed by atoms with Crippen molar-refractivity contribution in [2.75, 3.05) is 0 Å². The molecule has 1 aliphatic carbocycles. The van der Waals surface area contributed by atoms with Gasteiger partial charge < -0.3 is 11.5 Å². The Hall–Kier alpha value is -0.160. The van der Waals surface area contributed by atoms with Crippen molar-refractivity contribution in [3.05, 3.63) is 12.2 Å². The van der Waals surface area contributed by atoms with Crippen LogP contribution in [0.5, 0.6) is 0 Å². The van der Waals surface area contributed by atoms with Crippen molar-refractivity contribution in [3.8, 4) is 0 Å². The average molecular weight is 172 g/mol. The van der Waals surface area contributed by atoms with Gasteiger partial charge in [-0.15, -0.1) is 0 Å². The second-order valence-corrected chi connectivity index (χ2v) is 3.11. The molecule has 0 aromatic rings. The minimum Gasteiger partial charge on any atom is -0.320 e. The number of nitrogens with two attached hydrogens (primary N) is 2. The fraction of sp³-hybridized carbons (Fsp3) is 0.333. The SMILES string of the molecule is NC1C=CC(=S)C(N)C1=S. The summed E-state index contributed by atoms with van der Waals surface area (Å²) in [6.45, 7) is 0. The highest BCUT2D eigenvalue weighted by Crippen LogP contribution is 2.04. The summed E-state index contributed by atoms with van der Waals surface area (Å²) >= 11 is 9.84. The minimum absolute atomic E-state index is 0.198. The van der Waals surface area contributed by atoms with Gasteiger partial charge in [0, 0.05) is 9.73 Å². The van der Waals surface area contributed by atoms with Crippen LogP contribution in [0.25, 0.3) is 0 Å². The predicted octanol–water partition coefficient (Wildman–Crippen LogP) is -0.0494. The van der Waals surface area contributed by atoms with Gasteiger partial charge in [-0.1, -0.05) is 30.5 Å². The van der Waals surface area contributed by atoms with Crippen molar-refractivity contribution in [1.82, 2.24) is 0 Å². The molecule has 4 heteroatoms. The lowest BCUT2D eigenvalue weighted by molar-refractivity contribution is 1.01. The molecule has 0 radical (unpaired) electrons. The van der Waals surface area contributed by atoms with Crippen LogP contribution in [0.3, 0.4) is 0 Å². The third-order valence-electron chi connectivity index (χ3n) is 1.41. The molecule has 2 unspecified atom stereocenters. The van der Waals surface area contributed by atoms with E-state index in [-0.39, 0.29) is 12.1 Å². The number of thiocarbonyl (C=S) groups is 2. The highest BCUT2D eigenvalue weighted by Gasteiger charge is 2.21. The van der Waals surface area contributed by atoms with Crippen LogP contribution in [0.1, 0.15) is 0 Å². The molecule has 4 N–H and O–H groups in total. The summed E-state index contributed by atoms with van der Waals surface area (Å²) in [4.78, 5) is 1.30. The van der Waals surface area contributed by atoms with Crippen LogP contribution in [-0.2, 0) is 0 Å². The van der Waals surface area contributed by atoms with Crippen molar-refractivity contribution in [2.45, 2.75) is 12.1 Å². The molecule has 0 bridgehead atoms. The third kappa shape index (κ3) is 1.29. The lowest BCUT2D eigenvalue weighted by Gasteiger charge is -2.20. The van der Waals surface area contributed by atoms with Crippen LogP contribution in [0.4, 0.5) is 0 Å². The van der Waals surface area contributed by atoms with Crippen LogP contribution in [0.15, 0.2) is 12.2 Å². The van der Waals surface area contributed by atoms with Crippen LogP contribution >= 0.6 is 24.4 Å². The first-order valence-electron chi connectivity index (χ1n) is 2.90. The maximum atomic E-state index is 5.60. The maximum Gasteiger partial charge on any atom is 0.0737 e. The lowest BCUT2D eigenvalue weighted by Crippen LogP contribution is -2.47. The smallest absolute Gasteiger partial charge is 0.0737 e. The van der Waals surface area contributed by atoms with E-state index in [4.69, 9.17) is 35.9 Å². The Morgan fingerprint density at radius 2 is 1.90 bits per heavy atom. The van der Waals surface area contributed by atoms with Gasteiger partial charge in [-0.3, -0.25) is 0 Å². The molecule has 0 saturated heterocycles. The van der Waals surface area contributed by atoms with Crippen LogP contribution in [-0.4, -0.2) is 21.8 Å². The summed E-state index contributed by atoms with van der Waals surface area (Å²) in [5, 5.41) is 0. The van der Waals surface area contributed by atoms with Gasteiger partial charge in [0.05, 0.1) is 12.1 Å². The molecule has 0 spiro atoms. The number of hydrogen-bond acceptors (Lipinski definition) is 4. The Morgan fingerprint density at radius 3 is 2.40 bits per heavy atom. The first kappa shape index (κ1) is 7.94. The van der Waals surface area contributed by atoms with Crippen molar-refractivity contribution in [1.29, 1.82) is 0 Å². The van der Waals surface area contributed by atoms with E-state index in [1.807, 2.05) is 0 Å². The molecule has 0 saturated carbocycles. The van der Waals surface area contributed by atoms with Crippen molar-refractivity contribution >= 4 is 34.2 Å². The van der Waals surface area contributed by atoms with Gasteiger partial charge >= 0.3 is 0 Å². The molecule has 0 aliphatic heterocycles. The fourth-order valence-corrected chi connectivity index (χ4v) is 1.23. The van der Waals surface area contributed by atoms with E-state index in [0.717, 1.165) is 0 Å². The molecule has 0 aromatic carbocycles. The molecule has 54 valence electrons. The molecular formula is C6H8N2S2. The fourth-order valence-electron chi connectivity index (χ4n) is 0.745. The summed E-state index contributed by atoms with van der Waals surface area (Å²) in [7, 11) is 0. The Kier molecular flexibility index (Phi) is 2.25. The molecule has 1 rings (SSSR count). The van der Waals surface area contributed by atoms with Gasteiger partial charge in [-0.25, -0.2) is 0 Å². The molecule has 0 heterocycles.